The number of benzene rings is 1. The van der Waals surface area contributed by atoms with Crippen molar-refractivity contribution in [3.8, 4) is 0 Å². The standard InChI is InChI=1S/C10H13BrO4S/c1-8(7-14-2)15-16(12,13)10-5-3-9(11)4-6-10/h3-6,8H,7H2,1-2H3. The first-order chi connectivity index (χ1) is 7.45. The molecule has 0 fully saturated rings. The van der Waals surface area contributed by atoms with Gasteiger partial charge in [-0.1, -0.05) is 15.9 Å². The monoisotopic (exact) mass is 308 g/mol. The molecule has 0 saturated heterocycles. The Labute approximate surface area is 104 Å². The molecule has 0 radical (unpaired) electrons. The van der Waals surface area contributed by atoms with Crippen LogP contribution in [0, 0.1) is 0 Å². The van der Waals surface area contributed by atoms with Crippen LogP contribution in [-0.2, 0) is 19.0 Å². The van der Waals surface area contributed by atoms with Crippen molar-refractivity contribution < 1.29 is 17.3 Å². The van der Waals surface area contributed by atoms with Crippen LogP contribution in [0.1, 0.15) is 6.92 Å². The Bertz CT molecular complexity index is 427. The van der Waals surface area contributed by atoms with Gasteiger partial charge in [-0.3, -0.25) is 4.18 Å². The van der Waals surface area contributed by atoms with E-state index in [0.29, 0.717) is 0 Å². The highest BCUT2D eigenvalue weighted by molar-refractivity contribution is 9.10. The Hall–Kier alpha value is -0.430. The van der Waals surface area contributed by atoms with Gasteiger partial charge in [0.05, 0.1) is 17.6 Å². The lowest BCUT2D eigenvalue weighted by Gasteiger charge is -2.11. The van der Waals surface area contributed by atoms with Crippen LogP contribution < -0.4 is 0 Å². The van der Waals surface area contributed by atoms with E-state index >= 15 is 0 Å². The van der Waals surface area contributed by atoms with Gasteiger partial charge in [0.25, 0.3) is 10.1 Å². The lowest BCUT2D eigenvalue weighted by atomic mass is 10.4. The molecule has 16 heavy (non-hydrogen) atoms. The maximum atomic E-state index is 11.7. The second-order valence-corrected chi connectivity index (χ2v) is 5.76. The van der Waals surface area contributed by atoms with Gasteiger partial charge >= 0.3 is 0 Å². The average molecular weight is 309 g/mol. The van der Waals surface area contributed by atoms with E-state index in [0.717, 1.165) is 4.47 Å². The molecule has 0 amide bonds. The fraction of sp³-hybridized carbons (Fsp3) is 0.400. The van der Waals surface area contributed by atoms with E-state index in [9.17, 15) is 8.42 Å². The molecule has 0 aliphatic carbocycles. The Balaban J connectivity index is 2.82. The van der Waals surface area contributed by atoms with Gasteiger partial charge < -0.3 is 4.74 Å². The van der Waals surface area contributed by atoms with Crippen LogP contribution in [0.25, 0.3) is 0 Å². The molecule has 0 heterocycles. The van der Waals surface area contributed by atoms with Gasteiger partial charge in [0.2, 0.25) is 0 Å². The predicted octanol–water partition coefficient (Wildman–Crippen LogP) is 2.19. The molecule has 0 aromatic heterocycles. The van der Waals surface area contributed by atoms with E-state index in [4.69, 9.17) is 8.92 Å². The van der Waals surface area contributed by atoms with Crippen molar-refractivity contribution in [1.82, 2.24) is 0 Å². The minimum Gasteiger partial charge on any atom is -0.382 e. The molecule has 6 heteroatoms. The van der Waals surface area contributed by atoms with Crippen LogP contribution in [0.3, 0.4) is 0 Å². The smallest absolute Gasteiger partial charge is 0.297 e. The fourth-order valence-corrected chi connectivity index (χ4v) is 2.47. The van der Waals surface area contributed by atoms with E-state index in [2.05, 4.69) is 15.9 Å². The fourth-order valence-electron chi connectivity index (χ4n) is 1.14. The van der Waals surface area contributed by atoms with E-state index in [1.54, 1.807) is 19.1 Å². The quantitative estimate of drug-likeness (QED) is 0.782. The summed E-state index contributed by atoms with van der Waals surface area (Å²) in [6.07, 6.45) is -0.501. The van der Waals surface area contributed by atoms with Crippen LogP contribution in [0.4, 0.5) is 0 Å². The first-order valence-corrected chi connectivity index (χ1v) is 6.83. The second kappa shape index (κ2) is 5.77. The van der Waals surface area contributed by atoms with Crippen LogP contribution in [0.2, 0.25) is 0 Å². The number of rotatable bonds is 5. The van der Waals surface area contributed by atoms with Gasteiger partial charge in [-0.05, 0) is 31.2 Å². The summed E-state index contributed by atoms with van der Waals surface area (Å²) in [4.78, 5) is 0.138. The normalized spacial score (nSPS) is 13.7. The molecule has 0 bridgehead atoms. The maximum Gasteiger partial charge on any atom is 0.297 e. The van der Waals surface area contributed by atoms with Crippen LogP contribution in [0.5, 0.6) is 0 Å². The molecule has 0 aliphatic heterocycles. The Morgan fingerprint density at radius 2 is 1.88 bits per heavy atom. The van der Waals surface area contributed by atoms with Crippen molar-refractivity contribution in [1.29, 1.82) is 0 Å². The van der Waals surface area contributed by atoms with Crippen molar-refractivity contribution in [3.05, 3.63) is 28.7 Å². The van der Waals surface area contributed by atoms with E-state index in [1.807, 2.05) is 0 Å². The molecular formula is C10H13BrO4S. The molecule has 1 aromatic carbocycles. The van der Waals surface area contributed by atoms with Gasteiger partial charge in [0.15, 0.2) is 0 Å². The molecule has 0 aliphatic rings. The molecule has 1 unspecified atom stereocenters. The Morgan fingerprint density at radius 1 is 1.31 bits per heavy atom. The van der Waals surface area contributed by atoms with E-state index in [1.165, 1.54) is 19.2 Å². The summed E-state index contributed by atoms with van der Waals surface area (Å²) < 4.78 is 34.0. The summed E-state index contributed by atoms with van der Waals surface area (Å²) in [6.45, 7) is 1.87. The second-order valence-electron chi connectivity index (χ2n) is 3.27. The summed E-state index contributed by atoms with van der Waals surface area (Å²) >= 11 is 3.23. The minimum absolute atomic E-state index is 0.138. The molecule has 1 atom stereocenters. The van der Waals surface area contributed by atoms with Gasteiger partial charge in [0, 0.05) is 11.6 Å². The molecule has 1 aromatic rings. The SMILES string of the molecule is COCC(C)OS(=O)(=O)c1ccc(Br)cc1. The Morgan fingerprint density at radius 3 is 2.38 bits per heavy atom. The third-order valence-corrected chi connectivity index (χ3v) is 3.75. The summed E-state index contributed by atoms with van der Waals surface area (Å²) in [6, 6.07) is 6.27. The van der Waals surface area contributed by atoms with Crippen molar-refractivity contribution in [2.45, 2.75) is 17.9 Å². The van der Waals surface area contributed by atoms with E-state index in [-0.39, 0.29) is 11.5 Å². The topological polar surface area (TPSA) is 52.6 Å². The summed E-state index contributed by atoms with van der Waals surface area (Å²) in [5.74, 6) is 0. The summed E-state index contributed by atoms with van der Waals surface area (Å²) in [5, 5.41) is 0. The molecule has 0 spiro atoms. The number of methoxy groups -OCH3 is 1. The highest BCUT2D eigenvalue weighted by Gasteiger charge is 2.18. The summed E-state index contributed by atoms with van der Waals surface area (Å²) in [7, 11) is -2.21. The van der Waals surface area contributed by atoms with Crippen LogP contribution >= 0.6 is 15.9 Å². The van der Waals surface area contributed by atoms with Crippen molar-refractivity contribution in [3.63, 3.8) is 0 Å². The first-order valence-electron chi connectivity index (χ1n) is 4.63. The number of halogens is 1. The molecule has 1 rings (SSSR count). The predicted molar refractivity (Wildman–Crippen MR) is 63.8 cm³/mol. The van der Waals surface area contributed by atoms with Gasteiger partial charge in [0.1, 0.15) is 0 Å². The largest absolute Gasteiger partial charge is 0.382 e. The zero-order chi connectivity index (χ0) is 12.2. The zero-order valence-corrected chi connectivity index (χ0v) is 11.4. The van der Waals surface area contributed by atoms with Crippen molar-refractivity contribution in [2.24, 2.45) is 0 Å². The zero-order valence-electron chi connectivity index (χ0n) is 9.01. The third-order valence-electron chi connectivity index (χ3n) is 1.79. The van der Waals surface area contributed by atoms with Crippen molar-refractivity contribution >= 4 is 26.0 Å². The Kier molecular flexibility index (Phi) is 4.91. The minimum atomic E-state index is -3.70. The van der Waals surface area contributed by atoms with Crippen LogP contribution in [-0.4, -0.2) is 28.2 Å². The molecule has 4 nitrogen and oxygen atoms in total. The third kappa shape index (κ3) is 3.86. The number of hydrogen-bond donors (Lipinski definition) is 0. The van der Waals surface area contributed by atoms with Gasteiger partial charge in [-0.15, -0.1) is 0 Å². The summed E-state index contributed by atoms with van der Waals surface area (Å²) in [5.41, 5.74) is 0. The molecule has 0 saturated carbocycles. The maximum absolute atomic E-state index is 11.7. The lowest BCUT2D eigenvalue weighted by Crippen LogP contribution is -2.19. The van der Waals surface area contributed by atoms with Crippen LogP contribution in [0.15, 0.2) is 33.6 Å². The first kappa shape index (κ1) is 13.6. The molecule has 0 N–H and O–H groups in total. The highest BCUT2D eigenvalue weighted by Crippen LogP contribution is 2.17. The average Bonchev–Trinajstić information content (AvgIpc) is 2.17. The van der Waals surface area contributed by atoms with Gasteiger partial charge in [-0.2, -0.15) is 8.42 Å². The number of ether oxygens (including phenoxy) is 1. The number of hydrogen-bond acceptors (Lipinski definition) is 4. The molecular weight excluding hydrogens is 296 g/mol. The highest BCUT2D eigenvalue weighted by atomic mass is 79.9. The van der Waals surface area contributed by atoms with E-state index < -0.39 is 16.2 Å². The lowest BCUT2D eigenvalue weighted by molar-refractivity contribution is 0.0962. The molecule has 90 valence electrons. The van der Waals surface area contributed by atoms with Crippen molar-refractivity contribution in [2.75, 3.05) is 13.7 Å². The van der Waals surface area contributed by atoms with Gasteiger partial charge in [-0.25, -0.2) is 0 Å².